The summed E-state index contributed by atoms with van der Waals surface area (Å²) in [5.74, 6) is -0.891. The fourth-order valence-electron chi connectivity index (χ4n) is 2.82. The van der Waals surface area contributed by atoms with Gasteiger partial charge in [-0.15, -0.1) is 0 Å². The van der Waals surface area contributed by atoms with Crippen LogP contribution in [0.25, 0.3) is 0 Å². The van der Waals surface area contributed by atoms with Crippen molar-refractivity contribution in [2.75, 3.05) is 6.54 Å². The van der Waals surface area contributed by atoms with Gasteiger partial charge in [-0.1, -0.05) is 74.4 Å². The van der Waals surface area contributed by atoms with Crippen LogP contribution in [0.4, 0.5) is 0 Å². The third-order valence-electron chi connectivity index (χ3n) is 4.69. The van der Waals surface area contributed by atoms with Crippen LogP contribution in [0.3, 0.4) is 0 Å². The van der Waals surface area contributed by atoms with Gasteiger partial charge in [-0.25, -0.2) is 0 Å². The smallest absolute Gasteiger partial charge is 0.303 e. The Morgan fingerprint density at radius 2 is 1.36 bits per heavy atom. The van der Waals surface area contributed by atoms with Crippen LogP contribution in [0.2, 0.25) is 0 Å². The van der Waals surface area contributed by atoms with Crippen LogP contribution in [-0.4, -0.2) is 27.8 Å². The highest BCUT2D eigenvalue weighted by molar-refractivity contribution is 5.66. The summed E-state index contributed by atoms with van der Waals surface area (Å²) >= 11 is 0. The van der Waals surface area contributed by atoms with Gasteiger partial charge in [0.05, 0.1) is 0 Å². The van der Waals surface area contributed by atoms with Crippen LogP contribution in [0.1, 0.15) is 76.7 Å². The van der Waals surface area contributed by atoms with E-state index in [0.29, 0.717) is 13.0 Å². The quantitative estimate of drug-likeness (QED) is 0.124. The van der Waals surface area contributed by atoms with Gasteiger partial charge in [0.15, 0.2) is 11.5 Å². The van der Waals surface area contributed by atoms with Gasteiger partial charge in [-0.2, -0.15) is 0 Å². The van der Waals surface area contributed by atoms with E-state index >= 15 is 0 Å². The minimum Gasteiger partial charge on any atom is -0.504 e. The molecule has 5 N–H and O–H groups in total. The number of hydrogen-bond donors (Lipinski definition) is 4. The van der Waals surface area contributed by atoms with Gasteiger partial charge in [0, 0.05) is 6.42 Å². The van der Waals surface area contributed by atoms with Crippen molar-refractivity contribution in [1.82, 2.24) is 0 Å². The Balaban J connectivity index is 0.000000771. The Morgan fingerprint density at radius 1 is 0.818 bits per heavy atom. The molecule has 0 bridgehead atoms. The van der Waals surface area contributed by atoms with E-state index in [4.69, 9.17) is 21.1 Å². The van der Waals surface area contributed by atoms with Crippen molar-refractivity contribution in [2.24, 2.45) is 5.73 Å². The van der Waals surface area contributed by atoms with Crippen molar-refractivity contribution in [1.29, 1.82) is 0 Å². The van der Waals surface area contributed by atoms with Gasteiger partial charge in [0.1, 0.15) is 0 Å². The molecule has 0 aliphatic rings. The number of carboxylic acids is 1. The van der Waals surface area contributed by atoms with E-state index in [1.807, 2.05) is 0 Å². The molecule has 0 amide bonds. The first-order valence-corrected chi connectivity index (χ1v) is 12.0. The Hall–Kier alpha value is -2.79. The molecule has 0 radical (unpaired) electrons. The summed E-state index contributed by atoms with van der Waals surface area (Å²) in [6.45, 7) is 2.78. The number of phenols is 2. The molecule has 1 aromatic rings. The van der Waals surface area contributed by atoms with Crippen LogP contribution in [0.15, 0.2) is 66.8 Å². The highest BCUT2D eigenvalue weighted by atomic mass is 16.4. The van der Waals surface area contributed by atoms with Crippen LogP contribution in [0.5, 0.6) is 11.5 Å². The van der Waals surface area contributed by atoms with E-state index in [9.17, 15) is 4.79 Å². The van der Waals surface area contributed by atoms with Gasteiger partial charge < -0.3 is 21.1 Å². The largest absolute Gasteiger partial charge is 0.504 e. The number of phenolic OH excluding ortho intramolecular Hbond substituents is 2. The molecule has 0 aliphatic heterocycles. The average Bonchev–Trinajstić information content (AvgIpc) is 2.79. The minimum absolute atomic E-state index is 0.0871. The zero-order chi connectivity index (χ0) is 24.6. The number of aromatic hydroxyl groups is 2. The first-order chi connectivity index (χ1) is 16.0. The normalized spacial score (nSPS) is 11.6. The lowest BCUT2D eigenvalue weighted by Gasteiger charge is -2.00. The van der Waals surface area contributed by atoms with Gasteiger partial charge in [-0.3, -0.25) is 4.79 Å². The molecule has 184 valence electrons. The molecule has 0 fully saturated rings. The molecular weight excluding hydrogens is 414 g/mol. The summed E-state index contributed by atoms with van der Waals surface area (Å²) in [5.41, 5.74) is 6.24. The monoisotopic (exact) mass is 457 g/mol. The Bertz CT molecular complexity index is 735. The summed E-state index contributed by atoms with van der Waals surface area (Å²) in [6.07, 6.45) is 28.1. The average molecular weight is 458 g/mol. The summed E-state index contributed by atoms with van der Waals surface area (Å²) in [7, 11) is 0. The van der Waals surface area contributed by atoms with E-state index in [-0.39, 0.29) is 17.9 Å². The zero-order valence-corrected chi connectivity index (χ0v) is 20.2. The number of carbonyl (C=O) groups is 1. The molecule has 5 nitrogen and oxygen atoms in total. The fourth-order valence-corrected chi connectivity index (χ4v) is 2.82. The van der Waals surface area contributed by atoms with Crippen LogP contribution < -0.4 is 5.73 Å². The van der Waals surface area contributed by atoms with Crippen LogP contribution in [-0.2, 0) is 11.2 Å². The van der Waals surface area contributed by atoms with Crippen molar-refractivity contribution >= 4 is 5.97 Å². The Morgan fingerprint density at radius 3 is 1.85 bits per heavy atom. The van der Waals surface area contributed by atoms with Crippen molar-refractivity contribution in [3.63, 3.8) is 0 Å². The standard InChI is InChI=1S/C20H32O2.C8H11NO2/c1-2-3-4-5-6-7-8-9-10-11-12-13-14-15-16-17-18-19-20(21)22;9-4-3-6-1-2-7(10)8(11)5-6/h6-7,9-10,12-13,15-16H,2-5,8,11,14,17-19H2,1H3,(H,21,22);1-2,5,10-11H,3-4,9H2/b7-6-,10-9-,13-12-,16-15-;. The lowest BCUT2D eigenvalue weighted by molar-refractivity contribution is -0.137. The number of benzene rings is 1. The van der Waals surface area contributed by atoms with E-state index < -0.39 is 5.97 Å². The van der Waals surface area contributed by atoms with Crippen molar-refractivity contribution < 1.29 is 20.1 Å². The summed E-state index contributed by atoms with van der Waals surface area (Å²) in [5, 5.41) is 26.5. The van der Waals surface area contributed by atoms with E-state index in [2.05, 4.69) is 55.5 Å². The molecular formula is C28H43NO4. The Kier molecular flexibility index (Phi) is 20.5. The van der Waals surface area contributed by atoms with Gasteiger partial charge in [0.25, 0.3) is 0 Å². The number of unbranched alkanes of at least 4 members (excludes halogenated alkanes) is 4. The fraction of sp³-hybridized carbons (Fsp3) is 0.464. The van der Waals surface area contributed by atoms with E-state index in [0.717, 1.165) is 37.7 Å². The number of nitrogens with two attached hydrogens (primary N) is 1. The Labute approximate surface area is 200 Å². The van der Waals surface area contributed by atoms with Crippen LogP contribution in [0, 0.1) is 0 Å². The highest BCUT2D eigenvalue weighted by Gasteiger charge is 1.98. The zero-order valence-electron chi connectivity index (χ0n) is 20.2. The topological polar surface area (TPSA) is 104 Å². The third-order valence-corrected chi connectivity index (χ3v) is 4.69. The number of hydrogen-bond acceptors (Lipinski definition) is 4. The predicted molar refractivity (Wildman–Crippen MR) is 139 cm³/mol. The summed E-state index contributed by atoms with van der Waals surface area (Å²) in [4.78, 5) is 10.3. The first kappa shape index (κ1) is 30.2. The van der Waals surface area contributed by atoms with Crippen molar-refractivity contribution in [3.05, 3.63) is 72.4 Å². The molecule has 0 saturated heterocycles. The minimum atomic E-state index is -0.712. The maximum absolute atomic E-state index is 10.3. The molecule has 0 atom stereocenters. The number of rotatable bonds is 16. The molecule has 5 heteroatoms. The first-order valence-electron chi connectivity index (χ1n) is 12.0. The maximum atomic E-state index is 10.3. The summed E-state index contributed by atoms with van der Waals surface area (Å²) in [6, 6.07) is 4.71. The molecule has 33 heavy (non-hydrogen) atoms. The number of carboxylic acid groups (broad SMARTS) is 1. The molecule has 0 aromatic heterocycles. The highest BCUT2D eigenvalue weighted by Crippen LogP contribution is 2.24. The SMILES string of the molecule is CCCCC/C=C\C/C=C\C/C=C\C/C=C\CCCC(=O)O.NCCc1ccc(O)c(O)c1. The van der Waals surface area contributed by atoms with Crippen molar-refractivity contribution in [3.8, 4) is 11.5 Å². The summed E-state index contributed by atoms with van der Waals surface area (Å²) < 4.78 is 0. The molecule has 0 heterocycles. The molecule has 0 unspecified atom stereocenters. The molecule has 1 aromatic carbocycles. The van der Waals surface area contributed by atoms with Crippen LogP contribution >= 0.6 is 0 Å². The number of allylic oxidation sites excluding steroid dienone is 8. The molecule has 0 spiro atoms. The maximum Gasteiger partial charge on any atom is 0.303 e. The number of aliphatic carboxylic acids is 1. The second kappa shape index (κ2) is 22.4. The molecule has 1 rings (SSSR count). The predicted octanol–water partition coefficient (Wildman–Crippen LogP) is 6.82. The van der Waals surface area contributed by atoms with E-state index in [1.165, 1.54) is 37.8 Å². The lowest BCUT2D eigenvalue weighted by Crippen LogP contribution is -2.02. The molecule has 0 saturated carbocycles. The molecule has 0 aliphatic carbocycles. The lowest BCUT2D eigenvalue weighted by atomic mass is 10.1. The second-order valence-electron chi connectivity index (χ2n) is 7.74. The van der Waals surface area contributed by atoms with Gasteiger partial charge in [0.2, 0.25) is 0 Å². The second-order valence-corrected chi connectivity index (χ2v) is 7.74. The van der Waals surface area contributed by atoms with Crippen molar-refractivity contribution in [2.45, 2.75) is 77.6 Å². The van der Waals surface area contributed by atoms with E-state index in [1.54, 1.807) is 6.07 Å². The van der Waals surface area contributed by atoms with Gasteiger partial charge >= 0.3 is 5.97 Å². The van der Waals surface area contributed by atoms with Gasteiger partial charge in [-0.05, 0) is 75.6 Å². The third kappa shape index (κ3) is 20.8.